The monoisotopic (exact) mass is 668 g/mol. The maximum atomic E-state index is 14.0. The number of imide groups is 1. The lowest BCUT2D eigenvalue weighted by Crippen LogP contribution is -2.42. The molecular weight excluding hydrogens is 641 g/mol. The standard InChI is InChI=1S/C34H28N4O7S2/c1-16-5-4-6-17(13-16)35-24(39)15-45-23-8-3-2-7-20(23)25-26-21-14-22(29(26)46-31-30(25)47-34(42)36-31)28-27(21)32(40)37(33(28)41)18-9-11-19(12-10-18)38(43)44/h2-13,21-22,25-29H,14-15H2,1H3,(H,35,39)(H,36,42)/t21?,22?,25-,26?,27?,28?,29?/m1/s1. The van der Waals surface area contributed by atoms with E-state index in [0.29, 0.717) is 23.5 Å². The van der Waals surface area contributed by atoms with Crippen molar-refractivity contribution >= 4 is 57.9 Å². The SMILES string of the molecule is Cc1cccc(NC(=O)COc2ccccc2[C@H]2c3sc(=O)[nH]c3SC3C4CC(C5C(=O)N(c6ccc([N+](=O)[O-])cc6)C(=O)C45)C32)c1. The van der Waals surface area contributed by atoms with Crippen LogP contribution in [0.4, 0.5) is 17.1 Å². The quantitative estimate of drug-likeness (QED) is 0.152. The maximum Gasteiger partial charge on any atom is 0.305 e. The van der Waals surface area contributed by atoms with Gasteiger partial charge in [-0.2, -0.15) is 0 Å². The summed E-state index contributed by atoms with van der Waals surface area (Å²) >= 11 is 2.73. The molecule has 2 saturated carbocycles. The van der Waals surface area contributed by atoms with E-state index >= 15 is 0 Å². The largest absolute Gasteiger partial charge is 0.483 e. The van der Waals surface area contributed by atoms with E-state index in [1.54, 1.807) is 11.8 Å². The van der Waals surface area contributed by atoms with Gasteiger partial charge >= 0.3 is 4.87 Å². The van der Waals surface area contributed by atoms with Gasteiger partial charge in [-0.15, -0.1) is 11.8 Å². The molecule has 2 aliphatic carbocycles. The summed E-state index contributed by atoms with van der Waals surface area (Å²) in [5.74, 6) is -1.94. The second kappa shape index (κ2) is 11.2. The minimum Gasteiger partial charge on any atom is -0.483 e. The van der Waals surface area contributed by atoms with Crippen molar-refractivity contribution < 1.29 is 24.0 Å². The number of benzene rings is 3. The molecular formula is C34H28N4O7S2. The van der Waals surface area contributed by atoms with Crippen LogP contribution in [0.15, 0.2) is 82.6 Å². The van der Waals surface area contributed by atoms with Crippen molar-refractivity contribution in [1.29, 1.82) is 0 Å². The molecule has 3 amide bonds. The van der Waals surface area contributed by atoms with Crippen LogP contribution in [-0.4, -0.2) is 39.5 Å². The highest BCUT2D eigenvalue weighted by Gasteiger charge is 2.69. The fourth-order valence-electron chi connectivity index (χ4n) is 8.28. The number of thioether (sulfide) groups is 1. The zero-order valence-electron chi connectivity index (χ0n) is 25.0. The Balaban J connectivity index is 1.11. The Kier molecular flexibility index (Phi) is 7.06. The van der Waals surface area contributed by atoms with Crippen molar-refractivity contribution in [3.05, 3.63) is 109 Å². The summed E-state index contributed by atoms with van der Waals surface area (Å²) in [6, 6.07) is 20.5. The minimum absolute atomic E-state index is 0.0322. The number of hydrogen-bond donors (Lipinski definition) is 2. The van der Waals surface area contributed by atoms with E-state index in [1.165, 1.54) is 29.2 Å². The lowest BCUT2D eigenvalue weighted by atomic mass is 9.68. The van der Waals surface area contributed by atoms with E-state index in [-0.39, 0.29) is 63.8 Å². The summed E-state index contributed by atoms with van der Waals surface area (Å²) in [5.41, 5.74) is 2.74. The molecule has 0 spiro atoms. The number of rotatable bonds is 7. The van der Waals surface area contributed by atoms with Crippen LogP contribution >= 0.6 is 23.1 Å². The minimum atomic E-state index is -0.530. The lowest BCUT2D eigenvalue weighted by Gasteiger charge is -2.43. The molecule has 7 atom stereocenters. The second-order valence-electron chi connectivity index (χ2n) is 12.5. The normalized spacial score (nSPS) is 26.9. The highest BCUT2D eigenvalue weighted by atomic mass is 32.2. The molecule has 3 heterocycles. The Morgan fingerprint density at radius 2 is 1.77 bits per heavy atom. The van der Waals surface area contributed by atoms with Crippen molar-refractivity contribution in [2.45, 2.75) is 29.5 Å². The average Bonchev–Trinajstić information content (AvgIpc) is 3.79. The van der Waals surface area contributed by atoms with Crippen molar-refractivity contribution in [3.8, 4) is 5.75 Å². The number of nitrogens with zero attached hydrogens (tertiary/aromatic N) is 2. The van der Waals surface area contributed by atoms with Crippen molar-refractivity contribution in [1.82, 2.24) is 4.98 Å². The van der Waals surface area contributed by atoms with Crippen LogP contribution in [0.3, 0.4) is 0 Å². The summed E-state index contributed by atoms with van der Waals surface area (Å²) in [7, 11) is 0. The number of para-hydroxylation sites is 1. The summed E-state index contributed by atoms with van der Waals surface area (Å²) in [5, 5.41) is 14.8. The van der Waals surface area contributed by atoms with Gasteiger partial charge in [-0.3, -0.25) is 34.2 Å². The first-order chi connectivity index (χ1) is 22.7. The number of aryl methyl sites for hydroxylation is 1. The topological polar surface area (TPSA) is 152 Å². The van der Waals surface area contributed by atoms with Gasteiger partial charge in [0, 0.05) is 39.4 Å². The fourth-order valence-corrected chi connectivity index (χ4v) is 11.2. The molecule has 8 rings (SSSR count). The molecule has 6 unspecified atom stereocenters. The van der Waals surface area contributed by atoms with Gasteiger partial charge in [0.15, 0.2) is 6.61 Å². The van der Waals surface area contributed by atoms with Crippen LogP contribution in [0.1, 0.15) is 28.3 Å². The van der Waals surface area contributed by atoms with Gasteiger partial charge < -0.3 is 15.0 Å². The number of carbonyl (C=O) groups excluding carboxylic acids is 3. The summed E-state index contributed by atoms with van der Waals surface area (Å²) < 4.78 is 6.15. The third kappa shape index (κ3) is 4.78. The lowest BCUT2D eigenvalue weighted by molar-refractivity contribution is -0.384. The number of aromatic nitrogens is 1. The number of anilines is 2. The third-order valence-electron chi connectivity index (χ3n) is 9.96. The highest BCUT2D eigenvalue weighted by molar-refractivity contribution is 8.00. The average molecular weight is 669 g/mol. The number of nitro benzene ring substituents is 1. The first kappa shape index (κ1) is 29.6. The molecule has 2 N–H and O–H groups in total. The molecule has 47 heavy (non-hydrogen) atoms. The third-order valence-corrected chi connectivity index (χ3v) is 12.5. The molecule has 2 aliphatic heterocycles. The van der Waals surface area contributed by atoms with Gasteiger partial charge in [0.25, 0.3) is 11.6 Å². The molecule has 0 radical (unpaired) electrons. The van der Waals surface area contributed by atoms with Crippen molar-refractivity contribution in [2.24, 2.45) is 29.6 Å². The van der Waals surface area contributed by atoms with Crippen LogP contribution in [0.25, 0.3) is 0 Å². The van der Waals surface area contributed by atoms with E-state index in [1.807, 2.05) is 55.5 Å². The number of thiazole rings is 1. The number of aromatic amines is 1. The molecule has 3 fully saturated rings. The van der Waals surface area contributed by atoms with E-state index in [4.69, 9.17) is 4.74 Å². The Labute approximate surface area is 276 Å². The number of carbonyl (C=O) groups is 3. The number of H-pyrrole nitrogens is 1. The zero-order valence-corrected chi connectivity index (χ0v) is 26.6. The first-order valence-electron chi connectivity index (χ1n) is 15.3. The van der Waals surface area contributed by atoms with E-state index in [0.717, 1.165) is 32.4 Å². The molecule has 1 saturated heterocycles. The van der Waals surface area contributed by atoms with Crippen molar-refractivity contribution in [2.75, 3.05) is 16.8 Å². The molecule has 13 heteroatoms. The molecule has 4 aromatic rings. The summed E-state index contributed by atoms with van der Waals surface area (Å²) in [6.45, 7) is 1.73. The Morgan fingerprint density at radius 3 is 2.51 bits per heavy atom. The second-order valence-corrected chi connectivity index (χ2v) is 14.7. The number of nitrogens with one attached hydrogen (secondary N) is 2. The number of amides is 3. The van der Waals surface area contributed by atoms with Crippen LogP contribution in [0, 0.1) is 46.6 Å². The van der Waals surface area contributed by atoms with Gasteiger partial charge in [-0.25, -0.2) is 0 Å². The van der Waals surface area contributed by atoms with Gasteiger partial charge in [-0.05, 0) is 67.0 Å². The number of hydrogen-bond acceptors (Lipinski definition) is 9. The van der Waals surface area contributed by atoms with Gasteiger partial charge in [0.2, 0.25) is 11.8 Å². The number of ether oxygens (including phenoxy) is 1. The number of non-ortho nitro benzene ring substituents is 1. The predicted octanol–water partition coefficient (Wildman–Crippen LogP) is 5.35. The van der Waals surface area contributed by atoms with Crippen LogP contribution in [-0.2, 0) is 14.4 Å². The van der Waals surface area contributed by atoms with E-state index in [9.17, 15) is 29.3 Å². The molecule has 1 aromatic heterocycles. The maximum absolute atomic E-state index is 14.0. The van der Waals surface area contributed by atoms with Gasteiger partial charge in [-0.1, -0.05) is 41.7 Å². The first-order valence-corrected chi connectivity index (χ1v) is 17.0. The predicted molar refractivity (Wildman–Crippen MR) is 176 cm³/mol. The van der Waals surface area contributed by atoms with E-state index in [2.05, 4.69) is 10.3 Å². The van der Waals surface area contributed by atoms with Crippen LogP contribution in [0.5, 0.6) is 5.75 Å². The molecule has 3 aromatic carbocycles. The summed E-state index contributed by atoms with van der Waals surface area (Å²) in [4.78, 5) is 69.1. The van der Waals surface area contributed by atoms with Crippen molar-refractivity contribution in [3.63, 3.8) is 0 Å². The van der Waals surface area contributed by atoms with Gasteiger partial charge in [0.1, 0.15) is 5.75 Å². The molecule has 2 bridgehead atoms. The molecule has 238 valence electrons. The molecule has 11 nitrogen and oxygen atoms in total. The van der Waals surface area contributed by atoms with Crippen LogP contribution in [0.2, 0.25) is 0 Å². The zero-order chi connectivity index (χ0) is 32.6. The number of fused-ring (bicyclic) bond motifs is 9. The van der Waals surface area contributed by atoms with E-state index < -0.39 is 16.8 Å². The smallest absolute Gasteiger partial charge is 0.305 e. The highest BCUT2D eigenvalue weighted by Crippen LogP contribution is 2.69. The van der Waals surface area contributed by atoms with Gasteiger partial charge in [0.05, 0.1) is 27.5 Å². The summed E-state index contributed by atoms with van der Waals surface area (Å²) in [6.07, 6.45) is 0.709. The molecule has 4 aliphatic rings. The Bertz CT molecular complexity index is 2020. The van der Waals surface area contributed by atoms with Crippen LogP contribution < -0.4 is 19.8 Å². The Morgan fingerprint density at radius 1 is 1.02 bits per heavy atom. The fraction of sp³-hybridized carbons (Fsp3) is 0.294. The number of nitro groups is 1. The Hall–Kier alpha value is -4.75.